The molecule has 3 rings (SSSR count). The minimum atomic E-state index is -0.405. The first-order valence-corrected chi connectivity index (χ1v) is 8.01. The van der Waals surface area contributed by atoms with E-state index in [0.29, 0.717) is 12.1 Å². The molecular weight excluding hydrogens is 238 g/mol. The summed E-state index contributed by atoms with van der Waals surface area (Å²) in [6.45, 7) is 2.42. The average Bonchev–Trinajstić information content (AvgIpc) is 3.14. The molecule has 1 aliphatic heterocycles. The lowest BCUT2D eigenvalue weighted by atomic mass is 9.96. The molecule has 4 heteroatoms. The standard InChI is InChI=1S/C15H27N3O/c16-14(19)15(17-12-5-6-12)8-7-13(11-15)18-9-3-1-2-4-10-18/h12-13,17H,1-11H2,(H2,16,19). The van der Waals surface area contributed by atoms with Crippen LogP contribution in [0.1, 0.15) is 57.8 Å². The van der Waals surface area contributed by atoms with Crippen molar-refractivity contribution in [2.24, 2.45) is 5.73 Å². The first-order chi connectivity index (χ1) is 9.20. The van der Waals surface area contributed by atoms with Crippen LogP contribution in [0.4, 0.5) is 0 Å². The molecule has 0 aromatic heterocycles. The molecule has 3 N–H and O–H groups in total. The normalized spacial score (nSPS) is 37.2. The van der Waals surface area contributed by atoms with Crippen molar-refractivity contribution in [1.82, 2.24) is 10.2 Å². The molecule has 108 valence electrons. The number of carbonyl (C=O) groups excluding carboxylic acids is 1. The average molecular weight is 265 g/mol. The smallest absolute Gasteiger partial charge is 0.237 e. The molecule has 2 aliphatic carbocycles. The van der Waals surface area contributed by atoms with E-state index in [1.165, 1.54) is 51.6 Å². The predicted octanol–water partition coefficient (Wildman–Crippen LogP) is 1.39. The number of nitrogens with one attached hydrogen (secondary N) is 1. The summed E-state index contributed by atoms with van der Waals surface area (Å²) in [5, 5.41) is 3.55. The number of nitrogens with two attached hydrogens (primary N) is 1. The fraction of sp³-hybridized carbons (Fsp3) is 0.933. The van der Waals surface area contributed by atoms with Crippen molar-refractivity contribution in [2.75, 3.05) is 13.1 Å². The number of hydrogen-bond donors (Lipinski definition) is 2. The molecule has 0 aromatic carbocycles. The van der Waals surface area contributed by atoms with Gasteiger partial charge in [-0.05, 0) is 58.0 Å². The van der Waals surface area contributed by atoms with Gasteiger partial charge in [0.2, 0.25) is 5.91 Å². The molecule has 19 heavy (non-hydrogen) atoms. The van der Waals surface area contributed by atoms with Gasteiger partial charge in [-0.2, -0.15) is 0 Å². The highest BCUT2D eigenvalue weighted by molar-refractivity contribution is 5.85. The van der Waals surface area contributed by atoms with Crippen molar-refractivity contribution in [2.45, 2.75) is 75.4 Å². The lowest BCUT2D eigenvalue weighted by Gasteiger charge is -2.31. The Morgan fingerprint density at radius 2 is 1.79 bits per heavy atom. The summed E-state index contributed by atoms with van der Waals surface area (Å²) in [6, 6.07) is 1.12. The maximum Gasteiger partial charge on any atom is 0.237 e. The molecule has 2 unspecified atom stereocenters. The second-order valence-electron chi connectivity index (χ2n) is 6.71. The number of rotatable bonds is 4. The Balaban J connectivity index is 1.64. The van der Waals surface area contributed by atoms with Crippen LogP contribution in [0.25, 0.3) is 0 Å². The minimum Gasteiger partial charge on any atom is -0.368 e. The molecule has 3 fully saturated rings. The van der Waals surface area contributed by atoms with Gasteiger partial charge in [0, 0.05) is 12.1 Å². The van der Waals surface area contributed by atoms with Crippen LogP contribution < -0.4 is 11.1 Å². The Hall–Kier alpha value is -0.610. The number of likely N-dealkylation sites (tertiary alicyclic amines) is 1. The van der Waals surface area contributed by atoms with E-state index >= 15 is 0 Å². The molecular formula is C15H27N3O. The van der Waals surface area contributed by atoms with Gasteiger partial charge < -0.3 is 16.0 Å². The zero-order chi connectivity index (χ0) is 13.3. The zero-order valence-corrected chi connectivity index (χ0v) is 11.9. The number of amides is 1. The Labute approximate surface area is 116 Å². The van der Waals surface area contributed by atoms with Crippen LogP contribution in [-0.2, 0) is 4.79 Å². The summed E-state index contributed by atoms with van der Waals surface area (Å²) in [6.07, 6.45) is 10.8. The summed E-state index contributed by atoms with van der Waals surface area (Å²) in [7, 11) is 0. The topological polar surface area (TPSA) is 58.4 Å². The van der Waals surface area contributed by atoms with E-state index < -0.39 is 5.54 Å². The van der Waals surface area contributed by atoms with Crippen LogP contribution in [0, 0.1) is 0 Å². The Morgan fingerprint density at radius 1 is 1.11 bits per heavy atom. The fourth-order valence-electron chi connectivity index (χ4n) is 3.84. The van der Waals surface area contributed by atoms with E-state index in [4.69, 9.17) is 5.73 Å². The van der Waals surface area contributed by atoms with E-state index in [9.17, 15) is 4.79 Å². The largest absolute Gasteiger partial charge is 0.368 e. The van der Waals surface area contributed by atoms with Crippen LogP contribution in [0.3, 0.4) is 0 Å². The molecule has 4 nitrogen and oxygen atoms in total. The summed E-state index contributed by atoms with van der Waals surface area (Å²) in [4.78, 5) is 14.5. The second kappa shape index (κ2) is 5.41. The fourth-order valence-corrected chi connectivity index (χ4v) is 3.84. The molecule has 1 amide bonds. The minimum absolute atomic E-state index is 0.128. The van der Waals surface area contributed by atoms with Crippen LogP contribution in [0.5, 0.6) is 0 Å². The van der Waals surface area contributed by atoms with Gasteiger partial charge >= 0.3 is 0 Å². The van der Waals surface area contributed by atoms with Gasteiger partial charge in [0.05, 0.1) is 5.54 Å². The van der Waals surface area contributed by atoms with Crippen LogP contribution in [-0.4, -0.2) is 41.5 Å². The van der Waals surface area contributed by atoms with Crippen molar-refractivity contribution in [3.63, 3.8) is 0 Å². The lowest BCUT2D eigenvalue weighted by Crippen LogP contribution is -2.55. The number of nitrogens with zero attached hydrogens (tertiary/aromatic N) is 1. The van der Waals surface area contributed by atoms with E-state index in [-0.39, 0.29) is 5.91 Å². The first kappa shape index (κ1) is 13.4. The second-order valence-corrected chi connectivity index (χ2v) is 6.71. The molecule has 1 saturated heterocycles. The van der Waals surface area contributed by atoms with Gasteiger partial charge in [-0.15, -0.1) is 0 Å². The molecule has 0 aromatic rings. The van der Waals surface area contributed by atoms with Crippen LogP contribution in [0.15, 0.2) is 0 Å². The highest BCUT2D eigenvalue weighted by atomic mass is 16.1. The van der Waals surface area contributed by atoms with Gasteiger partial charge in [0.1, 0.15) is 0 Å². The molecule has 0 spiro atoms. The third-order valence-electron chi connectivity index (χ3n) is 5.17. The number of hydrogen-bond acceptors (Lipinski definition) is 3. The molecule has 2 saturated carbocycles. The van der Waals surface area contributed by atoms with Crippen molar-refractivity contribution < 1.29 is 4.79 Å². The van der Waals surface area contributed by atoms with E-state index in [1.807, 2.05) is 0 Å². The van der Waals surface area contributed by atoms with Crippen LogP contribution >= 0.6 is 0 Å². The first-order valence-electron chi connectivity index (χ1n) is 8.01. The number of carbonyl (C=O) groups is 1. The monoisotopic (exact) mass is 265 g/mol. The maximum absolute atomic E-state index is 11.9. The highest BCUT2D eigenvalue weighted by Gasteiger charge is 2.47. The predicted molar refractivity (Wildman–Crippen MR) is 75.8 cm³/mol. The van der Waals surface area contributed by atoms with E-state index in [1.54, 1.807) is 0 Å². The summed E-state index contributed by atoms with van der Waals surface area (Å²) < 4.78 is 0. The Kier molecular flexibility index (Phi) is 3.81. The zero-order valence-electron chi connectivity index (χ0n) is 11.9. The van der Waals surface area contributed by atoms with E-state index in [2.05, 4.69) is 10.2 Å². The summed E-state index contributed by atoms with van der Waals surface area (Å²) in [5.74, 6) is -0.128. The Morgan fingerprint density at radius 3 is 2.37 bits per heavy atom. The molecule has 0 bridgehead atoms. The van der Waals surface area contributed by atoms with Gasteiger partial charge in [0.25, 0.3) is 0 Å². The molecule has 3 aliphatic rings. The summed E-state index contributed by atoms with van der Waals surface area (Å²) in [5.41, 5.74) is 5.31. The quantitative estimate of drug-likeness (QED) is 0.807. The molecule has 1 heterocycles. The van der Waals surface area contributed by atoms with Gasteiger partial charge in [0.15, 0.2) is 0 Å². The van der Waals surface area contributed by atoms with Crippen molar-refractivity contribution >= 4 is 5.91 Å². The lowest BCUT2D eigenvalue weighted by molar-refractivity contribution is -0.124. The van der Waals surface area contributed by atoms with Crippen LogP contribution in [0.2, 0.25) is 0 Å². The SMILES string of the molecule is NC(=O)C1(NC2CC2)CCC(N2CCCCCC2)C1. The van der Waals surface area contributed by atoms with E-state index in [0.717, 1.165) is 19.3 Å². The highest BCUT2D eigenvalue weighted by Crippen LogP contribution is 2.36. The maximum atomic E-state index is 11.9. The van der Waals surface area contributed by atoms with Gasteiger partial charge in [-0.25, -0.2) is 0 Å². The molecule has 2 atom stereocenters. The number of primary amides is 1. The van der Waals surface area contributed by atoms with Gasteiger partial charge in [-0.1, -0.05) is 12.8 Å². The third-order valence-corrected chi connectivity index (χ3v) is 5.17. The van der Waals surface area contributed by atoms with Crippen molar-refractivity contribution in [3.8, 4) is 0 Å². The van der Waals surface area contributed by atoms with Crippen molar-refractivity contribution in [3.05, 3.63) is 0 Å². The van der Waals surface area contributed by atoms with Crippen molar-refractivity contribution in [1.29, 1.82) is 0 Å². The summed E-state index contributed by atoms with van der Waals surface area (Å²) >= 11 is 0. The van der Waals surface area contributed by atoms with Gasteiger partial charge in [-0.3, -0.25) is 4.79 Å². The molecule has 0 radical (unpaired) electrons. The Bertz CT molecular complexity index is 334. The third kappa shape index (κ3) is 2.95.